The Labute approximate surface area is 227 Å². The summed E-state index contributed by atoms with van der Waals surface area (Å²) >= 11 is 0. The van der Waals surface area contributed by atoms with Crippen molar-refractivity contribution in [3.05, 3.63) is 70.3 Å². The summed E-state index contributed by atoms with van der Waals surface area (Å²) in [6.07, 6.45) is 5.60. The normalized spacial score (nSPS) is 12.6. The number of sulfonamides is 1. The maximum Gasteiger partial charge on any atom is 1.00 e. The van der Waals surface area contributed by atoms with Crippen molar-refractivity contribution in [1.82, 2.24) is 14.3 Å². The Morgan fingerprint density at radius 1 is 1.17 bits per heavy atom. The molecule has 2 amide bonds. The number of aryl methyl sites for hydroxylation is 1. The van der Waals surface area contributed by atoms with Crippen LogP contribution in [0.1, 0.15) is 38.9 Å². The molecular weight excluding hydrogens is 479 g/mol. The summed E-state index contributed by atoms with van der Waals surface area (Å²) in [7, 11) is -2.73. The number of fused-ring (bicyclic) bond motifs is 1. The summed E-state index contributed by atoms with van der Waals surface area (Å²) in [5.74, 6) is 0.423. The van der Waals surface area contributed by atoms with Gasteiger partial charge in [-0.1, -0.05) is 12.1 Å². The number of benzene rings is 1. The molecule has 0 saturated heterocycles. The van der Waals surface area contributed by atoms with Crippen molar-refractivity contribution in [3.8, 4) is 17.0 Å². The molecule has 1 aliphatic carbocycles. The van der Waals surface area contributed by atoms with Crippen LogP contribution in [-0.4, -0.2) is 31.1 Å². The van der Waals surface area contributed by atoms with Crippen LogP contribution in [0.3, 0.4) is 0 Å². The van der Waals surface area contributed by atoms with Gasteiger partial charge < -0.3 is 16.0 Å². The second-order valence-electron chi connectivity index (χ2n) is 8.33. The Morgan fingerprint density at radius 3 is 2.63 bits per heavy atom. The molecule has 0 aliphatic heterocycles. The third-order valence-electron chi connectivity index (χ3n) is 5.79. The van der Waals surface area contributed by atoms with E-state index < -0.39 is 21.6 Å². The molecule has 0 spiro atoms. The molecule has 3 aromatic rings. The first-order valence-electron chi connectivity index (χ1n) is 10.9. The van der Waals surface area contributed by atoms with Gasteiger partial charge in [0.1, 0.15) is 0 Å². The molecule has 0 radical (unpaired) electrons. The Kier molecular flexibility index (Phi) is 8.42. The van der Waals surface area contributed by atoms with E-state index in [4.69, 9.17) is 4.74 Å². The largest absolute Gasteiger partial charge is 1.00 e. The van der Waals surface area contributed by atoms with Crippen LogP contribution in [-0.2, 0) is 22.9 Å². The third kappa shape index (κ3) is 5.78. The van der Waals surface area contributed by atoms with Gasteiger partial charge in [0.15, 0.2) is 0 Å². The number of ether oxygens (including phenoxy) is 1. The molecular formula is C24H27N4NaO5S. The van der Waals surface area contributed by atoms with Gasteiger partial charge in [-0.05, 0) is 61.9 Å². The van der Waals surface area contributed by atoms with Crippen molar-refractivity contribution in [2.24, 2.45) is 0 Å². The molecule has 1 aromatic carbocycles. The molecule has 11 heteroatoms. The van der Waals surface area contributed by atoms with Gasteiger partial charge >= 0.3 is 35.6 Å². The molecule has 0 bridgehead atoms. The zero-order valence-electron chi connectivity index (χ0n) is 21.2. The summed E-state index contributed by atoms with van der Waals surface area (Å²) in [5, 5.41) is 2.74. The van der Waals surface area contributed by atoms with Gasteiger partial charge in [-0.25, -0.2) is 22.9 Å². The number of hydrogen-bond acceptors (Lipinski definition) is 6. The minimum Gasteiger partial charge on any atom is -1.00 e. The fraction of sp³-hybridized carbons (Fsp3) is 0.292. The standard InChI is InChI=1S/C24H26N4O5S.Na.H/c1-15(2)28-12-10-18(14-22(28)29)34(31,32)27-24(30)26-23-19-6-4-5-16(19)7-8-20(23)17-9-11-25-21(13-17)33-3;;/h7-15H,4-6H2,1-3H3,(H2,26,27,30);;/q;+1;-1. The number of rotatable bonds is 6. The first kappa shape index (κ1) is 26.9. The van der Waals surface area contributed by atoms with E-state index in [1.165, 1.54) is 23.9 Å². The van der Waals surface area contributed by atoms with E-state index in [0.717, 1.165) is 47.6 Å². The van der Waals surface area contributed by atoms with Gasteiger partial charge in [0.25, 0.3) is 15.6 Å². The molecule has 0 unspecified atom stereocenters. The molecule has 35 heavy (non-hydrogen) atoms. The van der Waals surface area contributed by atoms with Crippen LogP contribution in [0.5, 0.6) is 5.88 Å². The van der Waals surface area contributed by atoms with Crippen LogP contribution >= 0.6 is 0 Å². The smallest absolute Gasteiger partial charge is 1.00 e. The molecule has 0 atom stereocenters. The molecule has 1 aliphatic rings. The predicted molar refractivity (Wildman–Crippen MR) is 130 cm³/mol. The fourth-order valence-electron chi connectivity index (χ4n) is 4.12. The molecule has 2 N–H and O–H groups in total. The van der Waals surface area contributed by atoms with E-state index in [9.17, 15) is 18.0 Å². The van der Waals surface area contributed by atoms with Gasteiger partial charge in [0, 0.05) is 36.1 Å². The molecule has 2 heterocycles. The van der Waals surface area contributed by atoms with Crippen LogP contribution in [0.4, 0.5) is 10.5 Å². The van der Waals surface area contributed by atoms with Crippen LogP contribution < -0.4 is 49.9 Å². The Morgan fingerprint density at radius 2 is 1.94 bits per heavy atom. The van der Waals surface area contributed by atoms with Gasteiger partial charge in [0.05, 0.1) is 17.7 Å². The van der Waals surface area contributed by atoms with Crippen molar-refractivity contribution in [1.29, 1.82) is 0 Å². The maximum atomic E-state index is 12.8. The van der Waals surface area contributed by atoms with E-state index in [1.54, 1.807) is 18.3 Å². The van der Waals surface area contributed by atoms with Crippen molar-refractivity contribution >= 4 is 21.7 Å². The first-order valence-corrected chi connectivity index (χ1v) is 12.4. The predicted octanol–water partition coefficient (Wildman–Crippen LogP) is 0.615. The molecule has 180 valence electrons. The van der Waals surface area contributed by atoms with Gasteiger partial charge in [-0.3, -0.25) is 4.79 Å². The molecule has 2 aromatic heterocycles. The second kappa shape index (κ2) is 10.9. The van der Waals surface area contributed by atoms with Crippen LogP contribution in [0, 0.1) is 0 Å². The summed E-state index contributed by atoms with van der Waals surface area (Å²) in [5.41, 5.74) is 3.67. The van der Waals surface area contributed by atoms with E-state index >= 15 is 0 Å². The van der Waals surface area contributed by atoms with Gasteiger partial charge in [0.2, 0.25) is 5.88 Å². The van der Waals surface area contributed by atoms with Gasteiger partial charge in [-0.15, -0.1) is 0 Å². The van der Waals surface area contributed by atoms with Crippen molar-refractivity contribution < 1.29 is 48.9 Å². The molecule has 0 fully saturated rings. The Balaban J connectivity index is 0.00000228. The van der Waals surface area contributed by atoms with E-state index in [1.807, 2.05) is 30.7 Å². The summed E-state index contributed by atoms with van der Waals surface area (Å²) in [6, 6.07) is 8.74. The van der Waals surface area contributed by atoms with Crippen molar-refractivity contribution in [2.75, 3.05) is 12.4 Å². The summed E-state index contributed by atoms with van der Waals surface area (Å²) in [4.78, 5) is 28.9. The first-order chi connectivity index (χ1) is 16.2. The van der Waals surface area contributed by atoms with Crippen LogP contribution in [0.25, 0.3) is 11.1 Å². The summed E-state index contributed by atoms with van der Waals surface area (Å²) < 4.78 is 34.2. The van der Waals surface area contributed by atoms with Gasteiger partial charge in [-0.2, -0.15) is 0 Å². The topological polar surface area (TPSA) is 119 Å². The van der Waals surface area contributed by atoms with Crippen molar-refractivity contribution in [2.45, 2.75) is 44.0 Å². The average molecular weight is 507 g/mol. The van der Waals surface area contributed by atoms with E-state index in [0.29, 0.717) is 11.6 Å². The van der Waals surface area contributed by atoms with Crippen LogP contribution in [0.15, 0.2) is 58.5 Å². The number of carbonyl (C=O) groups excluding carboxylic acids is 1. The number of pyridine rings is 2. The molecule has 0 saturated carbocycles. The number of hydrogen-bond donors (Lipinski definition) is 2. The third-order valence-corrected chi connectivity index (χ3v) is 7.12. The molecule has 4 rings (SSSR count). The number of amides is 2. The number of nitrogens with zero attached hydrogens (tertiary/aromatic N) is 2. The monoisotopic (exact) mass is 506 g/mol. The van der Waals surface area contributed by atoms with E-state index in [-0.39, 0.29) is 41.9 Å². The fourth-order valence-corrected chi connectivity index (χ4v) is 5.03. The van der Waals surface area contributed by atoms with E-state index in [2.05, 4.69) is 10.3 Å². The zero-order chi connectivity index (χ0) is 24.5. The molecule has 9 nitrogen and oxygen atoms in total. The van der Waals surface area contributed by atoms with Crippen molar-refractivity contribution in [3.63, 3.8) is 0 Å². The minimum absolute atomic E-state index is 0. The zero-order valence-corrected chi connectivity index (χ0v) is 23.0. The second-order valence-corrected chi connectivity index (χ2v) is 10.0. The number of carbonyl (C=O) groups is 1. The quantitative estimate of drug-likeness (QED) is 0.473. The Hall–Kier alpha value is -2.66. The number of anilines is 1. The SMILES string of the molecule is COc1cc(-c2ccc3c(c2NC(=O)NS(=O)(=O)c2ccn(C(C)C)c(=O)c2)CCC3)ccn1.[H-].[Na+]. The number of aromatic nitrogens is 2. The minimum atomic E-state index is -4.25. The number of nitrogens with one attached hydrogen (secondary N) is 2. The number of methoxy groups -OCH3 is 1. The summed E-state index contributed by atoms with van der Waals surface area (Å²) in [6.45, 7) is 3.63. The average Bonchev–Trinajstić information content (AvgIpc) is 3.28. The number of urea groups is 1. The van der Waals surface area contributed by atoms with Crippen LogP contribution in [0.2, 0.25) is 0 Å². The Bertz CT molecular complexity index is 1430. The maximum absolute atomic E-state index is 12.8.